The summed E-state index contributed by atoms with van der Waals surface area (Å²) in [5, 5.41) is 0. The summed E-state index contributed by atoms with van der Waals surface area (Å²) in [5.74, 6) is 0.170. The summed E-state index contributed by atoms with van der Waals surface area (Å²) in [6, 6.07) is 0.259. The summed E-state index contributed by atoms with van der Waals surface area (Å²) in [7, 11) is 0. The van der Waals surface area contributed by atoms with E-state index in [1.807, 2.05) is 4.90 Å². The standard InChI is InChI=1S/C13H26N2O/c1-4-10-15(11(2)3)12(16)13(14)8-6-5-7-9-13/h11H,4-10,14H2,1-3H3. The average molecular weight is 226 g/mol. The molecule has 0 heterocycles. The number of carbonyl (C=O) groups excluding carboxylic acids is 1. The minimum atomic E-state index is -0.572. The Bertz CT molecular complexity index is 232. The predicted molar refractivity (Wildman–Crippen MR) is 67.1 cm³/mol. The van der Waals surface area contributed by atoms with Crippen LogP contribution in [0.4, 0.5) is 0 Å². The van der Waals surface area contributed by atoms with Gasteiger partial charge in [-0.25, -0.2) is 0 Å². The average Bonchev–Trinajstić information content (AvgIpc) is 2.25. The summed E-state index contributed by atoms with van der Waals surface area (Å²) in [5.41, 5.74) is 5.71. The highest BCUT2D eigenvalue weighted by Crippen LogP contribution is 2.28. The highest BCUT2D eigenvalue weighted by molar-refractivity contribution is 5.86. The van der Waals surface area contributed by atoms with E-state index in [2.05, 4.69) is 20.8 Å². The molecule has 16 heavy (non-hydrogen) atoms. The lowest BCUT2D eigenvalue weighted by atomic mass is 9.81. The first-order chi connectivity index (χ1) is 7.51. The Morgan fingerprint density at radius 1 is 1.31 bits per heavy atom. The van der Waals surface area contributed by atoms with Crippen LogP contribution in [0.1, 0.15) is 59.3 Å². The van der Waals surface area contributed by atoms with Gasteiger partial charge in [0, 0.05) is 12.6 Å². The monoisotopic (exact) mass is 226 g/mol. The lowest BCUT2D eigenvalue weighted by molar-refractivity contribution is -0.140. The van der Waals surface area contributed by atoms with Crippen molar-refractivity contribution in [2.75, 3.05) is 6.54 Å². The molecule has 1 rings (SSSR count). The maximum Gasteiger partial charge on any atom is 0.242 e. The Morgan fingerprint density at radius 3 is 2.31 bits per heavy atom. The molecule has 0 aromatic rings. The van der Waals surface area contributed by atoms with Gasteiger partial charge in [-0.15, -0.1) is 0 Å². The first kappa shape index (κ1) is 13.5. The van der Waals surface area contributed by atoms with Gasteiger partial charge in [0.2, 0.25) is 5.91 Å². The molecule has 1 aliphatic rings. The molecule has 1 saturated carbocycles. The van der Waals surface area contributed by atoms with Gasteiger partial charge in [0.05, 0.1) is 5.54 Å². The Balaban J connectivity index is 2.72. The predicted octanol–water partition coefficient (Wildman–Crippen LogP) is 2.29. The normalized spacial score (nSPS) is 19.8. The molecule has 3 nitrogen and oxygen atoms in total. The molecule has 0 aliphatic heterocycles. The minimum absolute atomic E-state index is 0.170. The van der Waals surface area contributed by atoms with Gasteiger partial charge in [0.15, 0.2) is 0 Å². The van der Waals surface area contributed by atoms with E-state index in [0.29, 0.717) is 0 Å². The maximum atomic E-state index is 12.5. The quantitative estimate of drug-likeness (QED) is 0.799. The van der Waals surface area contributed by atoms with Crippen molar-refractivity contribution in [3.63, 3.8) is 0 Å². The first-order valence-corrected chi connectivity index (χ1v) is 6.61. The fraction of sp³-hybridized carbons (Fsp3) is 0.923. The fourth-order valence-corrected chi connectivity index (χ4v) is 2.52. The molecule has 0 aromatic heterocycles. The summed E-state index contributed by atoms with van der Waals surface area (Å²) in [4.78, 5) is 14.4. The van der Waals surface area contributed by atoms with E-state index in [0.717, 1.165) is 38.6 Å². The van der Waals surface area contributed by atoms with Crippen molar-refractivity contribution in [3.8, 4) is 0 Å². The van der Waals surface area contributed by atoms with Crippen LogP contribution in [-0.2, 0) is 4.79 Å². The third-order valence-electron chi connectivity index (χ3n) is 3.52. The zero-order valence-electron chi connectivity index (χ0n) is 11.0. The van der Waals surface area contributed by atoms with Gasteiger partial charge in [-0.1, -0.05) is 26.2 Å². The van der Waals surface area contributed by atoms with E-state index >= 15 is 0 Å². The van der Waals surface area contributed by atoms with Crippen LogP contribution >= 0.6 is 0 Å². The molecule has 0 unspecified atom stereocenters. The van der Waals surface area contributed by atoms with Crippen molar-refractivity contribution in [1.29, 1.82) is 0 Å². The van der Waals surface area contributed by atoms with Crippen molar-refractivity contribution in [2.45, 2.75) is 70.9 Å². The molecule has 1 aliphatic carbocycles. The summed E-state index contributed by atoms with van der Waals surface area (Å²) in [6.45, 7) is 7.07. The van der Waals surface area contributed by atoms with E-state index in [1.165, 1.54) is 6.42 Å². The van der Waals surface area contributed by atoms with E-state index in [-0.39, 0.29) is 11.9 Å². The second-order valence-corrected chi connectivity index (χ2v) is 5.31. The largest absolute Gasteiger partial charge is 0.339 e. The van der Waals surface area contributed by atoms with Gasteiger partial charge in [-0.05, 0) is 33.1 Å². The zero-order valence-corrected chi connectivity index (χ0v) is 11.0. The number of amides is 1. The summed E-state index contributed by atoms with van der Waals surface area (Å²) >= 11 is 0. The van der Waals surface area contributed by atoms with Gasteiger partial charge in [0.25, 0.3) is 0 Å². The fourth-order valence-electron chi connectivity index (χ4n) is 2.52. The zero-order chi connectivity index (χ0) is 12.2. The Hall–Kier alpha value is -0.570. The number of rotatable bonds is 4. The third-order valence-corrected chi connectivity index (χ3v) is 3.52. The van der Waals surface area contributed by atoms with E-state index in [9.17, 15) is 4.79 Å². The highest BCUT2D eigenvalue weighted by atomic mass is 16.2. The van der Waals surface area contributed by atoms with Crippen LogP contribution in [0.3, 0.4) is 0 Å². The smallest absolute Gasteiger partial charge is 0.242 e. The van der Waals surface area contributed by atoms with Gasteiger partial charge < -0.3 is 10.6 Å². The number of nitrogens with two attached hydrogens (primary N) is 1. The Kier molecular flexibility index (Phi) is 4.78. The van der Waals surface area contributed by atoms with Crippen LogP contribution in [0.5, 0.6) is 0 Å². The van der Waals surface area contributed by atoms with Crippen LogP contribution < -0.4 is 5.73 Å². The lowest BCUT2D eigenvalue weighted by Gasteiger charge is -2.38. The molecular formula is C13H26N2O. The number of nitrogens with zero attached hydrogens (tertiary/aromatic N) is 1. The van der Waals surface area contributed by atoms with Crippen molar-refractivity contribution in [3.05, 3.63) is 0 Å². The molecule has 0 aromatic carbocycles. The van der Waals surface area contributed by atoms with Crippen LogP contribution in [0.2, 0.25) is 0 Å². The number of hydrogen-bond donors (Lipinski definition) is 1. The molecule has 3 heteroatoms. The minimum Gasteiger partial charge on any atom is -0.339 e. The van der Waals surface area contributed by atoms with Crippen molar-refractivity contribution < 1.29 is 4.79 Å². The molecular weight excluding hydrogens is 200 g/mol. The Labute approximate surface area is 99.4 Å². The summed E-state index contributed by atoms with van der Waals surface area (Å²) < 4.78 is 0. The second kappa shape index (κ2) is 5.67. The van der Waals surface area contributed by atoms with Crippen LogP contribution in [-0.4, -0.2) is 28.9 Å². The molecule has 0 saturated heterocycles. The molecule has 0 atom stereocenters. The molecule has 2 N–H and O–H groups in total. The van der Waals surface area contributed by atoms with Crippen molar-refractivity contribution >= 4 is 5.91 Å². The number of carbonyl (C=O) groups is 1. The van der Waals surface area contributed by atoms with Gasteiger partial charge >= 0.3 is 0 Å². The van der Waals surface area contributed by atoms with Crippen molar-refractivity contribution in [2.24, 2.45) is 5.73 Å². The first-order valence-electron chi connectivity index (χ1n) is 6.61. The topological polar surface area (TPSA) is 46.3 Å². The SMILES string of the molecule is CCCN(C(=O)C1(N)CCCCC1)C(C)C. The Morgan fingerprint density at radius 2 is 1.88 bits per heavy atom. The van der Waals surface area contributed by atoms with Crippen LogP contribution in [0.15, 0.2) is 0 Å². The molecule has 94 valence electrons. The van der Waals surface area contributed by atoms with Crippen LogP contribution in [0, 0.1) is 0 Å². The van der Waals surface area contributed by atoms with E-state index in [4.69, 9.17) is 5.73 Å². The van der Waals surface area contributed by atoms with Gasteiger partial charge in [-0.2, -0.15) is 0 Å². The maximum absolute atomic E-state index is 12.5. The van der Waals surface area contributed by atoms with E-state index in [1.54, 1.807) is 0 Å². The highest BCUT2D eigenvalue weighted by Gasteiger charge is 2.38. The molecule has 0 spiro atoms. The second-order valence-electron chi connectivity index (χ2n) is 5.31. The van der Waals surface area contributed by atoms with Gasteiger partial charge in [0.1, 0.15) is 0 Å². The van der Waals surface area contributed by atoms with E-state index < -0.39 is 5.54 Å². The van der Waals surface area contributed by atoms with Gasteiger partial charge in [-0.3, -0.25) is 4.79 Å². The third kappa shape index (κ3) is 2.97. The number of hydrogen-bond acceptors (Lipinski definition) is 2. The molecule has 0 bridgehead atoms. The molecule has 0 radical (unpaired) electrons. The lowest BCUT2D eigenvalue weighted by Crippen LogP contribution is -2.57. The molecule has 1 fully saturated rings. The van der Waals surface area contributed by atoms with Crippen molar-refractivity contribution in [1.82, 2.24) is 4.90 Å². The molecule has 1 amide bonds. The van der Waals surface area contributed by atoms with Crippen LogP contribution in [0.25, 0.3) is 0 Å². The summed E-state index contributed by atoms with van der Waals surface area (Å²) in [6.07, 6.45) is 6.14.